The SMILES string of the molecule is Cc1ccc(CNc2ccc3c(NCc4cc(F)cc(F)c4)cccc3n2)o1. The van der Waals surface area contributed by atoms with Gasteiger partial charge in [-0.1, -0.05) is 6.07 Å². The molecule has 0 bridgehead atoms. The number of benzene rings is 2. The number of halogens is 2. The fraction of sp³-hybridized carbons (Fsp3) is 0.136. The Kier molecular flexibility index (Phi) is 4.93. The number of nitrogens with zero attached hydrogens (tertiary/aromatic N) is 1. The molecule has 0 aliphatic carbocycles. The Hall–Kier alpha value is -3.41. The monoisotopic (exact) mass is 379 g/mol. The minimum atomic E-state index is -0.584. The number of hydrogen-bond donors (Lipinski definition) is 2. The van der Waals surface area contributed by atoms with Crippen LogP contribution >= 0.6 is 0 Å². The highest BCUT2D eigenvalue weighted by Crippen LogP contribution is 2.24. The van der Waals surface area contributed by atoms with Gasteiger partial charge in [-0.2, -0.15) is 0 Å². The van der Waals surface area contributed by atoms with E-state index < -0.39 is 11.6 Å². The van der Waals surface area contributed by atoms with Crippen LogP contribution in [0.1, 0.15) is 17.1 Å². The van der Waals surface area contributed by atoms with Gasteiger partial charge in [-0.3, -0.25) is 0 Å². The van der Waals surface area contributed by atoms with Crippen molar-refractivity contribution in [2.45, 2.75) is 20.0 Å². The molecule has 6 heteroatoms. The molecule has 0 unspecified atom stereocenters. The average Bonchev–Trinajstić information content (AvgIpc) is 3.09. The fourth-order valence-electron chi connectivity index (χ4n) is 3.08. The predicted octanol–water partition coefficient (Wildman–Crippen LogP) is 5.64. The van der Waals surface area contributed by atoms with Crippen LogP contribution in [0.2, 0.25) is 0 Å². The lowest BCUT2D eigenvalue weighted by atomic mass is 10.1. The smallest absolute Gasteiger partial charge is 0.127 e. The van der Waals surface area contributed by atoms with E-state index in [0.29, 0.717) is 18.7 Å². The van der Waals surface area contributed by atoms with Crippen LogP contribution in [0.3, 0.4) is 0 Å². The summed E-state index contributed by atoms with van der Waals surface area (Å²) >= 11 is 0. The molecule has 0 spiro atoms. The summed E-state index contributed by atoms with van der Waals surface area (Å²) in [4.78, 5) is 4.63. The van der Waals surface area contributed by atoms with E-state index in [1.54, 1.807) is 0 Å². The summed E-state index contributed by atoms with van der Waals surface area (Å²) in [6.07, 6.45) is 0. The molecule has 2 aromatic carbocycles. The van der Waals surface area contributed by atoms with Crippen molar-refractivity contribution in [1.82, 2.24) is 4.98 Å². The number of pyridine rings is 1. The third-order valence-electron chi connectivity index (χ3n) is 4.38. The van der Waals surface area contributed by atoms with Crippen LogP contribution in [0.4, 0.5) is 20.3 Å². The van der Waals surface area contributed by atoms with Gasteiger partial charge in [0.1, 0.15) is 29.0 Å². The normalized spacial score (nSPS) is 11.0. The van der Waals surface area contributed by atoms with E-state index in [-0.39, 0.29) is 0 Å². The van der Waals surface area contributed by atoms with Crippen LogP contribution in [-0.4, -0.2) is 4.98 Å². The molecule has 28 heavy (non-hydrogen) atoms. The van der Waals surface area contributed by atoms with Gasteiger partial charge in [0.25, 0.3) is 0 Å². The second-order valence-electron chi connectivity index (χ2n) is 6.57. The lowest BCUT2D eigenvalue weighted by Gasteiger charge is -2.11. The zero-order valence-electron chi connectivity index (χ0n) is 15.3. The van der Waals surface area contributed by atoms with Crippen LogP contribution in [0, 0.1) is 18.6 Å². The molecule has 4 nitrogen and oxygen atoms in total. The maximum atomic E-state index is 13.4. The number of aromatic nitrogens is 1. The predicted molar refractivity (Wildman–Crippen MR) is 106 cm³/mol. The van der Waals surface area contributed by atoms with Crippen LogP contribution in [0.15, 0.2) is 65.1 Å². The summed E-state index contributed by atoms with van der Waals surface area (Å²) in [7, 11) is 0. The third-order valence-corrected chi connectivity index (χ3v) is 4.38. The highest BCUT2D eigenvalue weighted by molar-refractivity contribution is 5.92. The maximum Gasteiger partial charge on any atom is 0.127 e. The molecule has 0 aliphatic rings. The lowest BCUT2D eigenvalue weighted by molar-refractivity contribution is 0.490. The summed E-state index contributed by atoms with van der Waals surface area (Å²) in [6.45, 7) is 2.77. The van der Waals surface area contributed by atoms with Gasteiger partial charge in [0.15, 0.2) is 0 Å². The number of hydrogen-bond acceptors (Lipinski definition) is 4. The number of aryl methyl sites for hydroxylation is 1. The largest absolute Gasteiger partial charge is 0.465 e. The van der Waals surface area contributed by atoms with Crippen molar-refractivity contribution in [1.29, 1.82) is 0 Å². The van der Waals surface area contributed by atoms with Gasteiger partial charge in [-0.05, 0) is 61.0 Å². The molecule has 4 rings (SSSR count). The second-order valence-corrected chi connectivity index (χ2v) is 6.57. The second kappa shape index (κ2) is 7.68. The van der Waals surface area contributed by atoms with Crippen molar-refractivity contribution in [3.05, 3.63) is 89.4 Å². The summed E-state index contributed by atoms with van der Waals surface area (Å²) in [5.74, 6) is 1.29. The topological polar surface area (TPSA) is 50.1 Å². The highest BCUT2D eigenvalue weighted by Gasteiger charge is 2.06. The van der Waals surface area contributed by atoms with E-state index in [9.17, 15) is 8.78 Å². The van der Waals surface area contributed by atoms with Crippen molar-refractivity contribution >= 4 is 22.4 Å². The van der Waals surface area contributed by atoms with Gasteiger partial charge >= 0.3 is 0 Å². The first-order chi connectivity index (χ1) is 13.6. The molecule has 0 radical (unpaired) electrons. The van der Waals surface area contributed by atoms with Crippen molar-refractivity contribution < 1.29 is 13.2 Å². The van der Waals surface area contributed by atoms with Crippen LogP contribution in [0.25, 0.3) is 10.9 Å². The van der Waals surface area contributed by atoms with E-state index in [1.807, 2.05) is 49.4 Å². The van der Waals surface area contributed by atoms with E-state index in [2.05, 4.69) is 15.6 Å². The van der Waals surface area contributed by atoms with Crippen molar-refractivity contribution in [3.8, 4) is 0 Å². The van der Waals surface area contributed by atoms with E-state index in [4.69, 9.17) is 4.42 Å². The molecule has 2 N–H and O–H groups in total. The molecule has 2 heterocycles. The standard InChI is InChI=1S/C22H19F2N3O/c1-14-5-6-18(28-14)13-26-22-8-7-19-20(3-2-4-21(19)27-22)25-12-15-9-16(23)11-17(24)10-15/h2-11,25H,12-13H2,1H3,(H,26,27). The Labute approximate surface area is 161 Å². The highest BCUT2D eigenvalue weighted by atomic mass is 19.1. The van der Waals surface area contributed by atoms with E-state index in [0.717, 1.165) is 40.0 Å². The summed E-state index contributed by atoms with van der Waals surface area (Å²) in [5.41, 5.74) is 2.20. The number of anilines is 2. The molecule has 0 saturated carbocycles. The first kappa shape index (κ1) is 18.0. The van der Waals surface area contributed by atoms with E-state index >= 15 is 0 Å². The molecule has 0 fully saturated rings. The Morgan fingerprint density at radius 2 is 1.71 bits per heavy atom. The van der Waals surface area contributed by atoms with Crippen LogP contribution < -0.4 is 10.6 Å². The Morgan fingerprint density at radius 3 is 2.46 bits per heavy atom. The maximum absolute atomic E-state index is 13.4. The summed E-state index contributed by atoms with van der Waals surface area (Å²) in [6, 6.07) is 16.9. The first-order valence-corrected chi connectivity index (χ1v) is 8.95. The van der Waals surface area contributed by atoms with Crippen molar-refractivity contribution in [2.75, 3.05) is 10.6 Å². The summed E-state index contributed by atoms with van der Waals surface area (Å²) < 4.78 is 32.3. The van der Waals surface area contributed by atoms with Gasteiger partial charge in [0, 0.05) is 23.7 Å². The number of furan rings is 1. The van der Waals surface area contributed by atoms with Gasteiger partial charge < -0.3 is 15.1 Å². The molecule has 0 saturated heterocycles. The molecule has 0 aliphatic heterocycles. The minimum absolute atomic E-state index is 0.311. The van der Waals surface area contributed by atoms with Crippen molar-refractivity contribution in [3.63, 3.8) is 0 Å². The zero-order valence-corrected chi connectivity index (χ0v) is 15.3. The van der Waals surface area contributed by atoms with Gasteiger partial charge in [0.05, 0.1) is 12.1 Å². The third kappa shape index (κ3) is 4.11. The molecular weight excluding hydrogens is 360 g/mol. The molecule has 0 amide bonds. The Bertz CT molecular complexity index is 1100. The fourth-order valence-corrected chi connectivity index (χ4v) is 3.08. The summed E-state index contributed by atoms with van der Waals surface area (Å²) in [5, 5.41) is 7.41. The Balaban J connectivity index is 1.50. The van der Waals surface area contributed by atoms with Crippen LogP contribution in [-0.2, 0) is 13.1 Å². The number of nitrogens with one attached hydrogen (secondary N) is 2. The molecular formula is C22H19F2N3O. The molecule has 2 aromatic heterocycles. The quantitative estimate of drug-likeness (QED) is 0.455. The van der Waals surface area contributed by atoms with Crippen LogP contribution in [0.5, 0.6) is 0 Å². The lowest BCUT2D eigenvalue weighted by Crippen LogP contribution is -2.03. The van der Waals surface area contributed by atoms with Gasteiger partial charge in [-0.15, -0.1) is 0 Å². The molecule has 142 valence electrons. The number of fused-ring (bicyclic) bond motifs is 1. The Morgan fingerprint density at radius 1 is 0.893 bits per heavy atom. The van der Waals surface area contributed by atoms with E-state index in [1.165, 1.54) is 12.1 Å². The molecule has 0 atom stereocenters. The zero-order chi connectivity index (χ0) is 19.5. The van der Waals surface area contributed by atoms with Crippen molar-refractivity contribution in [2.24, 2.45) is 0 Å². The van der Waals surface area contributed by atoms with Gasteiger partial charge in [-0.25, -0.2) is 13.8 Å². The molecule has 4 aromatic rings. The number of rotatable bonds is 6. The first-order valence-electron chi connectivity index (χ1n) is 8.95. The minimum Gasteiger partial charge on any atom is -0.465 e. The van der Waals surface area contributed by atoms with Gasteiger partial charge in [0.2, 0.25) is 0 Å². The average molecular weight is 379 g/mol.